The molecule has 2 N–H and O–H groups in total. The number of ether oxygens (including phenoxy) is 6. The maximum absolute atomic E-state index is 13.9. The van der Waals surface area contributed by atoms with Crippen LogP contribution in [0.3, 0.4) is 0 Å². The van der Waals surface area contributed by atoms with Crippen molar-refractivity contribution < 1.29 is 51.5 Å². The van der Waals surface area contributed by atoms with Crippen LogP contribution in [0.25, 0.3) is 0 Å². The van der Waals surface area contributed by atoms with Crippen molar-refractivity contribution in [3.8, 4) is 17.2 Å². The highest BCUT2D eigenvalue weighted by atomic mass is 32.2. The van der Waals surface area contributed by atoms with Crippen molar-refractivity contribution in [2.24, 2.45) is 11.8 Å². The normalized spacial score (nSPS) is 21.6. The van der Waals surface area contributed by atoms with Crippen LogP contribution >= 0.6 is 0 Å². The SMILES string of the molecule is CC(C)CN(C[C@@H](O)[C@H](Cc1ccc(OC(=O)N(C)C)cc1)NC(=O)O[C@H]1CO[C@H]2OCC[C@H]21)S(=O)(=O)c1ccc2c(c1)OCO2. The van der Waals surface area contributed by atoms with Gasteiger partial charge in [0.15, 0.2) is 17.8 Å². The Bertz CT molecular complexity index is 1490. The lowest BCUT2D eigenvalue weighted by Crippen LogP contribution is -2.51. The fraction of sp³-hybridized carbons (Fsp3) is 0.548. The molecule has 0 unspecified atom stereocenters. The van der Waals surface area contributed by atoms with Gasteiger partial charge < -0.3 is 43.7 Å². The molecule has 5 atom stereocenters. The second kappa shape index (κ2) is 14.4. The van der Waals surface area contributed by atoms with Crippen LogP contribution < -0.4 is 19.5 Å². The van der Waals surface area contributed by atoms with E-state index < -0.39 is 46.7 Å². The van der Waals surface area contributed by atoms with Crippen molar-refractivity contribution in [2.75, 3.05) is 47.2 Å². The van der Waals surface area contributed by atoms with Gasteiger partial charge in [0.25, 0.3) is 0 Å². The Kier molecular flexibility index (Phi) is 10.6. The molecule has 15 heteroatoms. The topological polar surface area (TPSA) is 162 Å². The molecule has 2 saturated heterocycles. The summed E-state index contributed by atoms with van der Waals surface area (Å²) in [5.41, 5.74) is 0.691. The number of carbonyl (C=O) groups is 2. The molecule has 3 heterocycles. The number of fused-ring (bicyclic) bond motifs is 2. The van der Waals surface area contributed by atoms with Crippen LogP contribution in [0.2, 0.25) is 0 Å². The Labute approximate surface area is 268 Å². The van der Waals surface area contributed by atoms with Crippen LogP contribution in [-0.4, -0.2) is 107 Å². The molecular formula is C31H41N3O11S. The van der Waals surface area contributed by atoms with Gasteiger partial charge in [0.2, 0.25) is 16.8 Å². The molecule has 0 radical (unpaired) electrons. The van der Waals surface area contributed by atoms with E-state index in [2.05, 4.69) is 5.32 Å². The van der Waals surface area contributed by atoms with E-state index in [1.54, 1.807) is 38.4 Å². The van der Waals surface area contributed by atoms with Crippen molar-refractivity contribution in [1.82, 2.24) is 14.5 Å². The molecule has 2 fully saturated rings. The van der Waals surface area contributed by atoms with Gasteiger partial charge in [0, 0.05) is 33.3 Å². The average Bonchev–Trinajstić information content (AvgIpc) is 3.75. The Balaban J connectivity index is 1.34. The number of benzene rings is 2. The first-order valence-corrected chi connectivity index (χ1v) is 16.6. The third-order valence-corrected chi connectivity index (χ3v) is 9.73. The molecular weight excluding hydrogens is 622 g/mol. The Morgan fingerprint density at radius 3 is 2.50 bits per heavy atom. The zero-order chi connectivity index (χ0) is 33.0. The van der Waals surface area contributed by atoms with Crippen LogP contribution in [0.15, 0.2) is 47.4 Å². The highest BCUT2D eigenvalue weighted by Gasteiger charge is 2.44. The molecule has 2 amide bonds. The average molecular weight is 664 g/mol. The van der Waals surface area contributed by atoms with E-state index >= 15 is 0 Å². The summed E-state index contributed by atoms with van der Waals surface area (Å²) in [5.74, 6) is 0.926. The van der Waals surface area contributed by atoms with E-state index in [1.165, 1.54) is 27.4 Å². The number of alkyl carbamates (subject to hydrolysis) is 1. The highest BCUT2D eigenvalue weighted by Crippen LogP contribution is 2.35. The molecule has 46 heavy (non-hydrogen) atoms. The third-order valence-electron chi connectivity index (χ3n) is 7.90. The number of aliphatic hydroxyl groups excluding tert-OH is 1. The number of rotatable bonds is 12. The van der Waals surface area contributed by atoms with Crippen molar-refractivity contribution in [1.29, 1.82) is 0 Å². The monoisotopic (exact) mass is 663 g/mol. The number of nitrogens with one attached hydrogen (secondary N) is 1. The van der Waals surface area contributed by atoms with Gasteiger partial charge >= 0.3 is 12.2 Å². The summed E-state index contributed by atoms with van der Waals surface area (Å²) in [5, 5.41) is 14.3. The number of nitrogens with zero attached hydrogens (tertiary/aromatic N) is 2. The van der Waals surface area contributed by atoms with Gasteiger partial charge in [-0.2, -0.15) is 4.31 Å². The van der Waals surface area contributed by atoms with Crippen LogP contribution in [0.1, 0.15) is 25.8 Å². The molecule has 0 bridgehead atoms. The molecule has 0 aromatic heterocycles. The van der Waals surface area contributed by atoms with Gasteiger partial charge in [-0.25, -0.2) is 18.0 Å². The summed E-state index contributed by atoms with van der Waals surface area (Å²) in [6.07, 6.45) is -2.76. The Morgan fingerprint density at radius 2 is 1.78 bits per heavy atom. The lowest BCUT2D eigenvalue weighted by molar-refractivity contribution is -0.0907. The van der Waals surface area contributed by atoms with Crippen molar-refractivity contribution >= 4 is 22.2 Å². The minimum atomic E-state index is -4.09. The Hall–Kier alpha value is -3.63. The van der Waals surface area contributed by atoms with E-state index in [9.17, 15) is 23.1 Å². The molecule has 5 rings (SSSR count). The van der Waals surface area contributed by atoms with Crippen LogP contribution in [0, 0.1) is 11.8 Å². The van der Waals surface area contributed by atoms with E-state index in [0.29, 0.717) is 35.8 Å². The second-order valence-electron chi connectivity index (χ2n) is 12.1. The van der Waals surface area contributed by atoms with Crippen molar-refractivity contribution in [3.05, 3.63) is 48.0 Å². The maximum atomic E-state index is 13.9. The zero-order valence-corrected chi connectivity index (χ0v) is 27.1. The van der Waals surface area contributed by atoms with E-state index in [0.717, 1.165) is 0 Å². The maximum Gasteiger partial charge on any atom is 0.414 e. The van der Waals surface area contributed by atoms with E-state index in [-0.39, 0.29) is 49.6 Å². The summed E-state index contributed by atoms with van der Waals surface area (Å²) < 4.78 is 61.7. The van der Waals surface area contributed by atoms with Crippen LogP contribution in [0.5, 0.6) is 17.2 Å². The van der Waals surface area contributed by atoms with Gasteiger partial charge in [0.1, 0.15) is 11.9 Å². The molecule has 3 aliphatic heterocycles. The second-order valence-corrected chi connectivity index (χ2v) is 14.1. The third kappa shape index (κ3) is 8.01. The fourth-order valence-corrected chi connectivity index (χ4v) is 7.13. The number of carbonyl (C=O) groups excluding carboxylic acids is 2. The van der Waals surface area contributed by atoms with Crippen LogP contribution in [0.4, 0.5) is 9.59 Å². The van der Waals surface area contributed by atoms with Crippen molar-refractivity contribution in [3.63, 3.8) is 0 Å². The smallest absolute Gasteiger partial charge is 0.414 e. The van der Waals surface area contributed by atoms with E-state index in [4.69, 9.17) is 28.4 Å². The van der Waals surface area contributed by atoms with Gasteiger partial charge in [-0.3, -0.25) is 0 Å². The summed E-state index contributed by atoms with van der Waals surface area (Å²) in [4.78, 5) is 26.4. The van der Waals surface area contributed by atoms with Gasteiger partial charge in [-0.15, -0.1) is 0 Å². The number of amides is 2. The first-order valence-electron chi connectivity index (χ1n) is 15.2. The van der Waals surface area contributed by atoms with Gasteiger partial charge in [-0.1, -0.05) is 26.0 Å². The number of hydrogen-bond acceptors (Lipinski definition) is 11. The quantitative estimate of drug-likeness (QED) is 0.343. The molecule has 0 aliphatic carbocycles. The molecule has 3 aliphatic rings. The number of sulfonamides is 1. The standard InChI is InChI=1S/C31H41N3O11S/c1-19(2)15-34(46(38,39)22-9-10-26-27(14-22)43-18-42-26)16-25(35)24(13-20-5-7-21(8-6-20)44-31(37)33(3)4)32-30(36)45-28-17-41-29-23(28)11-12-40-29/h5-10,14,19,23-25,28-29,35H,11-13,15-18H2,1-4H3,(H,32,36)/t23-,24-,25+,28-,29+/m0/s1. The minimum Gasteiger partial charge on any atom is -0.454 e. The lowest BCUT2D eigenvalue weighted by atomic mass is 10.0. The molecule has 0 saturated carbocycles. The molecule has 2 aromatic carbocycles. The lowest BCUT2D eigenvalue weighted by Gasteiger charge is -2.31. The largest absolute Gasteiger partial charge is 0.454 e. The summed E-state index contributed by atoms with van der Waals surface area (Å²) >= 11 is 0. The summed E-state index contributed by atoms with van der Waals surface area (Å²) in [6, 6.07) is 10.0. The zero-order valence-electron chi connectivity index (χ0n) is 26.3. The fourth-order valence-electron chi connectivity index (χ4n) is 5.49. The molecule has 0 spiro atoms. The van der Waals surface area contributed by atoms with Crippen molar-refractivity contribution in [2.45, 2.75) is 56.1 Å². The predicted molar refractivity (Wildman–Crippen MR) is 163 cm³/mol. The Morgan fingerprint density at radius 1 is 1.04 bits per heavy atom. The van der Waals surface area contributed by atoms with Gasteiger partial charge in [-0.05, 0) is 48.6 Å². The predicted octanol–water partition coefficient (Wildman–Crippen LogP) is 2.58. The number of aliphatic hydroxyl groups is 1. The molecule has 14 nitrogen and oxygen atoms in total. The molecule has 2 aromatic rings. The van der Waals surface area contributed by atoms with E-state index in [1.807, 2.05) is 13.8 Å². The summed E-state index contributed by atoms with van der Waals surface area (Å²) in [7, 11) is -0.950. The van der Waals surface area contributed by atoms with Gasteiger partial charge in [0.05, 0.1) is 36.2 Å². The first-order chi connectivity index (χ1) is 21.9. The summed E-state index contributed by atoms with van der Waals surface area (Å²) in [6.45, 7) is 4.24. The molecule has 252 valence electrons. The number of hydrogen-bond donors (Lipinski definition) is 2. The highest BCUT2D eigenvalue weighted by molar-refractivity contribution is 7.89. The first kappa shape index (κ1) is 33.7. The van der Waals surface area contributed by atoms with Crippen LogP contribution in [-0.2, 0) is 30.7 Å². The minimum absolute atomic E-state index is 0.00280.